The Bertz CT molecular complexity index is 1300. The smallest absolute Gasteiger partial charge is 0.265 e. The van der Waals surface area contributed by atoms with Gasteiger partial charge in [0.1, 0.15) is 11.3 Å². The summed E-state index contributed by atoms with van der Waals surface area (Å²) in [5.41, 5.74) is 7.15. The van der Waals surface area contributed by atoms with Crippen LogP contribution in [0.15, 0.2) is 53.8 Å². The highest BCUT2D eigenvalue weighted by Gasteiger charge is 2.08. The summed E-state index contributed by atoms with van der Waals surface area (Å²) in [5.74, 6) is 1.12. The monoisotopic (exact) mass is 357 g/mol. The summed E-state index contributed by atoms with van der Waals surface area (Å²) < 4.78 is 5.28. The van der Waals surface area contributed by atoms with Gasteiger partial charge in [0.15, 0.2) is 5.65 Å². The first-order chi connectivity index (χ1) is 13.3. The van der Waals surface area contributed by atoms with E-state index in [0.29, 0.717) is 11.6 Å². The van der Waals surface area contributed by atoms with Gasteiger partial charge in [0.05, 0.1) is 13.3 Å². The molecule has 0 unspecified atom stereocenters. The summed E-state index contributed by atoms with van der Waals surface area (Å²) in [7, 11) is 1.65. The molecule has 0 bridgehead atoms. The van der Waals surface area contributed by atoms with Crippen LogP contribution in [0, 0.1) is 0 Å². The quantitative estimate of drug-likeness (QED) is 0.338. The molecular weight excluding hydrogens is 342 g/mol. The van der Waals surface area contributed by atoms with Gasteiger partial charge in [0.2, 0.25) is 0 Å². The van der Waals surface area contributed by atoms with Crippen molar-refractivity contribution in [3.63, 3.8) is 0 Å². The maximum Gasteiger partial charge on any atom is 0.265 e. The molecule has 5 aromatic rings. The van der Waals surface area contributed by atoms with Crippen molar-refractivity contribution in [2.75, 3.05) is 12.5 Å². The minimum Gasteiger partial charge on any atom is -0.497 e. The number of rotatable bonds is 4. The van der Waals surface area contributed by atoms with Gasteiger partial charge in [-0.3, -0.25) is 0 Å². The number of H-pyrrole nitrogens is 2. The number of aromatic nitrogens is 5. The molecular formula is C19H15N7O. The lowest BCUT2D eigenvalue weighted by atomic mass is 10.2. The van der Waals surface area contributed by atoms with Crippen LogP contribution in [0.25, 0.3) is 33.0 Å². The summed E-state index contributed by atoms with van der Waals surface area (Å²) in [6.45, 7) is 0. The van der Waals surface area contributed by atoms with Crippen LogP contribution < -0.4 is 10.2 Å². The van der Waals surface area contributed by atoms with E-state index in [1.165, 1.54) is 0 Å². The van der Waals surface area contributed by atoms with Crippen LogP contribution in [0.5, 0.6) is 5.75 Å². The van der Waals surface area contributed by atoms with Gasteiger partial charge in [-0.05, 0) is 24.3 Å². The zero-order valence-electron chi connectivity index (χ0n) is 14.4. The van der Waals surface area contributed by atoms with Crippen LogP contribution in [0.4, 0.5) is 5.95 Å². The normalized spacial score (nSPS) is 11.7. The number of fused-ring (bicyclic) bond motifs is 4. The van der Waals surface area contributed by atoms with Gasteiger partial charge in [-0.25, -0.2) is 5.43 Å². The molecule has 132 valence electrons. The Kier molecular flexibility index (Phi) is 3.46. The van der Waals surface area contributed by atoms with Gasteiger partial charge >= 0.3 is 0 Å². The molecule has 0 aliphatic rings. The van der Waals surface area contributed by atoms with Crippen molar-refractivity contribution in [3.8, 4) is 5.75 Å². The number of benzene rings is 2. The fourth-order valence-corrected chi connectivity index (χ4v) is 3.08. The zero-order chi connectivity index (χ0) is 18.2. The van der Waals surface area contributed by atoms with Crippen molar-refractivity contribution < 1.29 is 4.74 Å². The second-order valence-electron chi connectivity index (χ2n) is 6.03. The highest BCUT2D eigenvalue weighted by Crippen LogP contribution is 2.23. The van der Waals surface area contributed by atoms with E-state index in [4.69, 9.17) is 4.74 Å². The van der Waals surface area contributed by atoms with Crippen molar-refractivity contribution in [1.82, 2.24) is 25.1 Å². The van der Waals surface area contributed by atoms with Gasteiger partial charge in [-0.15, -0.1) is 10.2 Å². The van der Waals surface area contributed by atoms with Crippen molar-refractivity contribution in [3.05, 3.63) is 54.2 Å². The topological polar surface area (TPSA) is 104 Å². The Morgan fingerprint density at radius 1 is 1.07 bits per heavy atom. The van der Waals surface area contributed by atoms with Crippen molar-refractivity contribution >= 4 is 45.1 Å². The SMILES string of the molecule is COc1ccc2[nH]cc(/C=N\Nc3nnc4c(n3)[nH]c3ccccc34)c2c1. The molecule has 3 heterocycles. The Hall–Kier alpha value is -3.94. The van der Waals surface area contributed by atoms with Crippen molar-refractivity contribution in [2.45, 2.75) is 0 Å². The summed E-state index contributed by atoms with van der Waals surface area (Å²) in [5, 5.41) is 14.6. The largest absolute Gasteiger partial charge is 0.497 e. The third-order valence-electron chi connectivity index (χ3n) is 4.41. The van der Waals surface area contributed by atoms with Gasteiger partial charge in [0, 0.05) is 33.6 Å². The Labute approximate surface area is 153 Å². The number of aromatic amines is 2. The van der Waals surface area contributed by atoms with Crippen LogP contribution in [0.1, 0.15) is 5.56 Å². The molecule has 27 heavy (non-hydrogen) atoms. The molecule has 8 heteroatoms. The Morgan fingerprint density at radius 3 is 2.93 bits per heavy atom. The van der Waals surface area contributed by atoms with E-state index >= 15 is 0 Å². The molecule has 0 radical (unpaired) electrons. The number of hydrazone groups is 1. The van der Waals surface area contributed by atoms with Crippen LogP contribution in [-0.4, -0.2) is 38.5 Å². The first-order valence-electron chi connectivity index (χ1n) is 8.37. The second-order valence-corrected chi connectivity index (χ2v) is 6.03. The molecule has 3 N–H and O–H groups in total. The number of nitrogens with one attached hydrogen (secondary N) is 3. The molecule has 5 rings (SSSR count). The average molecular weight is 357 g/mol. The van der Waals surface area contributed by atoms with E-state index in [9.17, 15) is 0 Å². The second kappa shape index (κ2) is 6.10. The molecule has 0 saturated carbocycles. The summed E-state index contributed by atoms with van der Waals surface area (Å²) in [6, 6.07) is 13.7. The Morgan fingerprint density at radius 2 is 2.00 bits per heavy atom. The molecule has 3 aromatic heterocycles. The molecule has 0 aliphatic carbocycles. The van der Waals surface area contributed by atoms with Crippen LogP contribution in [-0.2, 0) is 0 Å². The van der Waals surface area contributed by atoms with E-state index in [1.54, 1.807) is 13.3 Å². The summed E-state index contributed by atoms with van der Waals surface area (Å²) >= 11 is 0. The molecule has 0 atom stereocenters. The van der Waals surface area contributed by atoms with E-state index in [-0.39, 0.29) is 0 Å². The van der Waals surface area contributed by atoms with Gasteiger partial charge in [-0.2, -0.15) is 10.1 Å². The minimum atomic E-state index is 0.322. The number of hydrogen-bond acceptors (Lipinski definition) is 6. The van der Waals surface area contributed by atoms with Crippen LogP contribution in [0.2, 0.25) is 0 Å². The fourth-order valence-electron chi connectivity index (χ4n) is 3.08. The third-order valence-corrected chi connectivity index (χ3v) is 4.41. The highest BCUT2D eigenvalue weighted by atomic mass is 16.5. The third kappa shape index (κ3) is 2.63. The lowest BCUT2D eigenvalue weighted by Gasteiger charge is -1.99. The van der Waals surface area contributed by atoms with E-state index in [0.717, 1.165) is 38.6 Å². The fraction of sp³-hybridized carbons (Fsp3) is 0.0526. The maximum atomic E-state index is 5.28. The van der Waals surface area contributed by atoms with Crippen LogP contribution in [0.3, 0.4) is 0 Å². The number of ether oxygens (including phenoxy) is 1. The summed E-state index contributed by atoms with van der Waals surface area (Å²) in [6.07, 6.45) is 3.59. The standard InChI is InChI=1S/C19H15N7O/c1-27-12-6-7-15-14(8-12)11(9-20-15)10-21-25-19-23-18-17(24-26-19)13-4-2-3-5-16(13)22-18/h2-10,20H,1H3,(H2,22,23,25,26)/b21-10-. The predicted molar refractivity (Wildman–Crippen MR) is 105 cm³/mol. The minimum absolute atomic E-state index is 0.322. The molecule has 0 aliphatic heterocycles. The van der Waals surface area contributed by atoms with Gasteiger partial charge in [-0.1, -0.05) is 18.2 Å². The van der Waals surface area contributed by atoms with E-state index in [1.807, 2.05) is 48.7 Å². The first kappa shape index (κ1) is 15.3. The Balaban J connectivity index is 1.43. The molecule has 0 spiro atoms. The van der Waals surface area contributed by atoms with Gasteiger partial charge in [0.25, 0.3) is 5.95 Å². The lowest BCUT2D eigenvalue weighted by molar-refractivity contribution is 0.415. The zero-order valence-corrected chi connectivity index (χ0v) is 14.4. The van der Waals surface area contributed by atoms with E-state index < -0.39 is 0 Å². The molecule has 8 nitrogen and oxygen atoms in total. The maximum absolute atomic E-state index is 5.28. The number of para-hydroxylation sites is 1. The summed E-state index contributed by atoms with van der Waals surface area (Å²) in [4.78, 5) is 10.9. The molecule has 0 amide bonds. The number of nitrogens with zero attached hydrogens (tertiary/aromatic N) is 4. The molecule has 2 aromatic carbocycles. The number of anilines is 1. The van der Waals surface area contributed by atoms with Crippen LogP contribution >= 0.6 is 0 Å². The number of methoxy groups -OCH3 is 1. The number of hydrogen-bond donors (Lipinski definition) is 3. The van der Waals surface area contributed by atoms with Crippen molar-refractivity contribution in [1.29, 1.82) is 0 Å². The van der Waals surface area contributed by atoms with Gasteiger partial charge < -0.3 is 14.7 Å². The first-order valence-corrected chi connectivity index (χ1v) is 8.37. The molecule has 0 saturated heterocycles. The highest BCUT2D eigenvalue weighted by molar-refractivity contribution is 6.03. The molecule has 0 fully saturated rings. The van der Waals surface area contributed by atoms with Crippen molar-refractivity contribution in [2.24, 2.45) is 5.10 Å². The lowest BCUT2D eigenvalue weighted by Crippen LogP contribution is -1.98. The predicted octanol–water partition coefficient (Wildman–Crippen LogP) is 3.44. The average Bonchev–Trinajstić information content (AvgIpc) is 3.28. The van der Waals surface area contributed by atoms with E-state index in [2.05, 4.69) is 35.7 Å².